The summed E-state index contributed by atoms with van der Waals surface area (Å²) in [5.74, 6) is 0. The molecule has 2 atom stereocenters. The summed E-state index contributed by atoms with van der Waals surface area (Å²) in [5, 5.41) is 11.9. The van der Waals surface area contributed by atoms with Gasteiger partial charge in [0.25, 0.3) is 0 Å². The molecule has 0 aromatic heterocycles. The van der Waals surface area contributed by atoms with Crippen LogP contribution in [0.4, 0.5) is 0 Å². The van der Waals surface area contributed by atoms with Gasteiger partial charge in [0.1, 0.15) is 5.54 Å². The molecule has 86 valence electrons. The first-order valence-corrected chi connectivity index (χ1v) is 5.50. The van der Waals surface area contributed by atoms with Gasteiger partial charge < -0.3 is 14.8 Å². The third kappa shape index (κ3) is 4.17. The van der Waals surface area contributed by atoms with Gasteiger partial charge in [-0.05, 0) is 26.8 Å². The molecule has 2 unspecified atom stereocenters. The van der Waals surface area contributed by atoms with Crippen LogP contribution in [-0.4, -0.2) is 38.5 Å². The van der Waals surface area contributed by atoms with Crippen LogP contribution in [0.3, 0.4) is 0 Å². The van der Waals surface area contributed by atoms with Gasteiger partial charge in [-0.15, -0.1) is 0 Å². The van der Waals surface area contributed by atoms with Crippen LogP contribution in [0, 0.1) is 11.3 Å². The highest BCUT2D eigenvalue weighted by Gasteiger charge is 2.21. The van der Waals surface area contributed by atoms with Crippen molar-refractivity contribution < 1.29 is 9.47 Å². The highest BCUT2D eigenvalue weighted by Crippen LogP contribution is 2.13. The number of ether oxygens (including phenoxy) is 2. The van der Waals surface area contributed by atoms with E-state index in [-0.39, 0.29) is 6.10 Å². The van der Waals surface area contributed by atoms with E-state index in [1.165, 1.54) is 0 Å². The van der Waals surface area contributed by atoms with E-state index < -0.39 is 5.54 Å². The van der Waals surface area contributed by atoms with Gasteiger partial charge in [0.15, 0.2) is 0 Å². The predicted molar refractivity (Wildman–Crippen MR) is 57.5 cm³/mol. The van der Waals surface area contributed by atoms with Crippen molar-refractivity contribution in [2.24, 2.45) is 0 Å². The van der Waals surface area contributed by atoms with E-state index >= 15 is 0 Å². The fourth-order valence-electron chi connectivity index (χ4n) is 1.50. The highest BCUT2D eigenvalue weighted by molar-refractivity contribution is 5.02. The van der Waals surface area contributed by atoms with Gasteiger partial charge in [-0.3, -0.25) is 0 Å². The molecule has 0 aromatic carbocycles. The topological polar surface area (TPSA) is 54.3 Å². The number of hydrogen-bond acceptors (Lipinski definition) is 4. The Labute approximate surface area is 91.6 Å². The lowest BCUT2D eigenvalue weighted by Gasteiger charge is -2.20. The van der Waals surface area contributed by atoms with Gasteiger partial charge >= 0.3 is 0 Å². The molecular weight excluding hydrogens is 192 g/mol. The molecule has 0 bridgehead atoms. The van der Waals surface area contributed by atoms with Gasteiger partial charge in [-0.25, -0.2) is 0 Å². The molecule has 1 saturated heterocycles. The Hall–Kier alpha value is -0.630. The zero-order chi connectivity index (χ0) is 11.1. The third-order valence-corrected chi connectivity index (χ3v) is 2.87. The fraction of sp³-hybridized carbons (Fsp3) is 0.909. The molecule has 0 radical (unpaired) electrons. The molecular formula is C11H20N2O2. The Morgan fingerprint density at radius 2 is 2.47 bits per heavy atom. The Balaban J connectivity index is 2.08. The fourth-order valence-corrected chi connectivity index (χ4v) is 1.50. The lowest BCUT2D eigenvalue weighted by molar-refractivity contribution is 0.0133. The van der Waals surface area contributed by atoms with Crippen molar-refractivity contribution in [1.82, 2.24) is 5.32 Å². The van der Waals surface area contributed by atoms with Gasteiger partial charge in [0.2, 0.25) is 0 Å². The van der Waals surface area contributed by atoms with Gasteiger partial charge in [-0.2, -0.15) is 5.26 Å². The molecule has 4 nitrogen and oxygen atoms in total. The summed E-state index contributed by atoms with van der Waals surface area (Å²) >= 11 is 0. The van der Waals surface area contributed by atoms with E-state index in [2.05, 4.69) is 11.4 Å². The Morgan fingerprint density at radius 1 is 1.67 bits per heavy atom. The minimum absolute atomic E-state index is 0.271. The van der Waals surface area contributed by atoms with E-state index in [0.29, 0.717) is 19.6 Å². The Bertz CT molecular complexity index is 221. The van der Waals surface area contributed by atoms with E-state index in [0.717, 1.165) is 19.4 Å². The molecule has 1 N–H and O–H groups in total. The highest BCUT2D eigenvalue weighted by atomic mass is 16.5. The van der Waals surface area contributed by atoms with Crippen molar-refractivity contribution in [1.29, 1.82) is 5.26 Å². The molecule has 0 amide bonds. The smallest absolute Gasteiger partial charge is 0.105 e. The van der Waals surface area contributed by atoms with Crippen molar-refractivity contribution >= 4 is 0 Å². The van der Waals surface area contributed by atoms with Crippen molar-refractivity contribution in [2.75, 3.05) is 26.9 Å². The zero-order valence-corrected chi connectivity index (χ0v) is 9.58. The van der Waals surface area contributed by atoms with Gasteiger partial charge in [0, 0.05) is 19.6 Å². The van der Waals surface area contributed by atoms with Crippen LogP contribution in [0.25, 0.3) is 0 Å². The maximum Gasteiger partial charge on any atom is 0.105 e. The molecule has 0 spiro atoms. The van der Waals surface area contributed by atoms with Crippen molar-refractivity contribution in [2.45, 2.75) is 37.8 Å². The average molecular weight is 212 g/mol. The van der Waals surface area contributed by atoms with Crippen LogP contribution in [0.2, 0.25) is 0 Å². The molecule has 0 saturated carbocycles. The first-order valence-electron chi connectivity index (χ1n) is 5.50. The molecule has 0 aromatic rings. The summed E-state index contributed by atoms with van der Waals surface area (Å²) < 4.78 is 10.9. The summed E-state index contributed by atoms with van der Waals surface area (Å²) in [7, 11) is 1.79. The van der Waals surface area contributed by atoms with E-state index in [4.69, 9.17) is 14.7 Å². The number of rotatable bonds is 6. The lowest BCUT2D eigenvalue weighted by atomic mass is 10.0. The van der Waals surface area contributed by atoms with Crippen LogP contribution in [0.5, 0.6) is 0 Å². The second kappa shape index (κ2) is 6.06. The van der Waals surface area contributed by atoms with Crippen LogP contribution in [0.15, 0.2) is 0 Å². The molecule has 1 heterocycles. The standard InChI is InChI=1S/C11H20N2O2/c1-11(9-12,13-2)5-7-14-8-10-4-3-6-15-10/h10,13H,3-8H2,1-2H3. The number of nitriles is 1. The largest absolute Gasteiger partial charge is 0.379 e. The second-order valence-electron chi connectivity index (χ2n) is 4.15. The number of nitrogens with zero attached hydrogens (tertiary/aromatic N) is 1. The normalized spacial score (nSPS) is 24.7. The number of hydrogen-bond donors (Lipinski definition) is 1. The summed E-state index contributed by atoms with van der Waals surface area (Å²) in [6.07, 6.45) is 3.21. The molecule has 0 aliphatic carbocycles. The quantitative estimate of drug-likeness (QED) is 0.669. The molecule has 15 heavy (non-hydrogen) atoms. The SMILES string of the molecule is CNC(C)(C#N)CCOCC1CCCO1. The minimum Gasteiger partial charge on any atom is -0.379 e. The van der Waals surface area contributed by atoms with Crippen LogP contribution in [0.1, 0.15) is 26.2 Å². The first-order chi connectivity index (χ1) is 7.20. The molecule has 1 fully saturated rings. The van der Waals surface area contributed by atoms with E-state index in [9.17, 15) is 0 Å². The third-order valence-electron chi connectivity index (χ3n) is 2.87. The minimum atomic E-state index is -0.476. The summed E-state index contributed by atoms with van der Waals surface area (Å²) in [6.45, 7) is 4.00. The molecule has 1 aliphatic heterocycles. The Kier molecular flexibility index (Phi) is 5.03. The zero-order valence-electron chi connectivity index (χ0n) is 9.58. The molecule has 1 rings (SSSR count). The van der Waals surface area contributed by atoms with E-state index in [1.807, 2.05) is 6.92 Å². The van der Waals surface area contributed by atoms with Crippen LogP contribution in [-0.2, 0) is 9.47 Å². The molecule has 4 heteroatoms. The van der Waals surface area contributed by atoms with Gasteiger partial charge in [-0.1, -0.05) is 0 Å². The van der Waals surface area contributed by atoms with Crippen molar-refractivity contribution in [3.8, 4) is 6.07 Å². The second-order valence-corrected chi connectivity index (χ2v) is 4.15. The van der Waals surface area contributed by atoms with Crippen molar-refractivity contribution in [3.63, 3.8) is 0 Å². The van der Waals surface area contributed by atoms with Crippen LogP contribution >= 0.6 is 0 Å². The summed E-state index contributed by atoms with van der Waals surface area (Å²) in [6, 6.07) is 2.23. The Morgan fingerprint density at radius 3 is 3.00 bits per heavy atom. The lowest BCUT2D eigenvalue weighted by Crippen LogP contribution is -2.39. The first kappa shape index (κ1) is 12.4. The number of nitrogens with one attached hydrogen (secondary N) is 1. The maximum absolute atomic E-state index is 8.90. The monoisotopic (exact) mass is 212 g/mol. The molecule has 1 aliphatic rings. The maximum atomic E-state index is 8.90. The predicted octanol–water partition coefficient (Wildman–Crippen LogP) is 1.07. The summed E-state index contributed by atoms with van der Waals surface area (Å²) in [4.78, 5) is 0. The van der Waals surface area contributed by atoms with Gasteiger partial charge in [0.05, 0.1) is 18.8 Å². The average Bonchev–Trinajstić information content (AvgIpc) is 2.77. The summed E-state index contributed by atoms with van der Waals surface area (Å²) in [5.41, 5.74) is -0.476. The van der Waals surface area contributed by atoms with E-state index in [1.54, 1.807) is 7.05 Å². The van der Waals surface area contributed by atoms with Crippen LogP contribution < -0.4 is 5.32 Å². The van der Waals surface area contributed by atoms with Crippen molar-refractivity contribution in [3.05, 3.63) is 0 Å².